The van der Waals surface area contributed by atoms with Crippen LogP contribution in [0.15, 0.2) is 48.7 Å². The molecule has 1 aliphatic heterocycles. The van der Waals surface area contributed by atoms with Crippen molar-refractivity contribution in [2.45, 2.75) is 13.1 Å². The molecule has 3 aromatic rings. The average molecular weight is 322 g/mol. The molecular formula is C19H15FN2O2. The summed E-state index contributed by atoms with van der Waals surface area (Å²) in [6, 6.07) is 11.8. The number of amides is 1. The van der Waals surface area contributed by atoms with Crippen LogP contribution in [-0.4, -0.2) is 22.9 Å². The normalized spacial score (nSPS) is 13.4. The minimum Gasteiger partial charge on any atom is -0.496 e. The second-order valence-corrected chi connectivity index (χ2v) is 5.79. The Balaban J connectivity index is 1.73. The van der Waals surface area contributed by atoms with E-state index in [0.29, 0.717) is 24.4 Å². The van der Waals surface area contributed by atoms with Crippen molar-refractivity contribution in [3.05, 3.63) is 71.2 Å². The SMILES string of the molecule is COc1c2c(cc3ncccc13)C(=O)N(Cc1ccc(F)cc1)C2. The summed E-state index contributed by atoms with van der Waals surface area (Å²) in [5, 5.41) is 0.898. The van der Waals surface area contributed by atoms with Crippen LogP contribution in [0.25, 0.3) is 10.9 Å². The van der Waals surface area contributed by atoms with Crippen molar-refractivity contribution in [2.24, 2.45) is 0 Å². The molecule has 4 rings (SSSR count). The van der Waals surface area contributed by atoms with E-state index in [0.717, 1.165) is 22.0 Å². The summed E-state index contributed by atoms with van der Waals surface area (Å²) < 4.78 is 18.6. The van der Waals surface area contributed by atoms with Gasteiger partial charge in [0.25, 0.3) is 5.91 Å². The molecule has 24 heavy (non-hydrogen) atoms. The van der Waals surface area contributed by atoms with Crippen molar-refractivity contribution >= 4 is 16.8 Å². The summed E-state index contributed by atoms with van der Waals surface area (Å²) in [6.45, 7) is 0.903. The van der Waals surface area contributed by atoms with Gasteiger partial charge in [-0.3, -0.25) is 9.78 Å². The predicted octanol–water partition coefficient (Wildman–Crippen LogP) is 3.54. The molecule has 1 amide bonds. The van der Waals surface area contributed by atoms with Gasteiger partial charge >= 0.3 is 0 Å². The number of rotatable bonds is 3. The van der Waals surface area contributed by atoms with E-state index < -0.39 is 0 Å². The number of pyridine rings is 1. The topological polar surface area (TPSA) is 42.4 Å². The van der Waals surface area contributed by atoms with Crippen LogP contribution in [-0.2, 0) is 13.1 Å². The minimum atomic E-state index is -0.284. The van der Waals surface area contributed by atoms with Crippen molar-refractivity contribution in [1.29, 1.82) is 0 Å². The Morgan fingerprint density at radius 2 is 2.04 bits per heavy atom. The highest BCUT2D eigenvalue weighted by atomic mass is 19.1. The first kappa shape index (κ1) is 14.6. The van der Waals surface area contributed by atoms with Gasteiger partial charge in [0.1, 0.15) is 11.6 Å². The van der Waals surface area contributed by atoms with Crippen LogP contribution in [0.2, 0.25) is 0 Å². The summed E-state index contributed by atoms with van der Waals surface area (Å²) in [5.74, 6) is 0.361. The lowest BCUT2D eigenvalue weighted by molar-refractivity contribution is 0.0766. The number of ether oxygens (including phenoxy) is 1. The van der Waals surface area contributed by atoms with Crippen LogP contribution in [0.5, 0.6) is 5.75 Å². The van der Waals surface area contributed by atoms with E-state index in [9.17, 15) is 9.18 Å². The molecule has 0 N–H and O–H groups in total. The Morgan fingerprint density at radius 3 is 2.79 bits per heavy atom. The number of carbonyl (C=O) groups is 1. The first-order valence-electron chi connectivity index (χ1n) is 7.65. The van der Waals surface area contributed by atoms with Crippen LogP contribution in [0.1, 0.15) is 21.5 Å². The second-order valence-electron chi connectivity index (χ2n) is 5.79. The fourth-order valence-electron chi connectivity index (χ4n) is 3.19. The van der Waals surface area contributed by atoms with E-state index in [1.807, 2.05) is 18.2 Å². The van der Waals surface area contributed by atoms with Gasteiger partial charge in [-0.15, -0.1) is 0 Å². The number of fused-ring (bicyclic) bond motifs is 2. The number of carbonyl (C=O) groups excluding carboxylic acids is 1. The van der Waals surface area contributed by atoms with Gasteiger partial charge in [-0.2, -0.15) is 0 Å². The predicted molar refractivity (Wildman–Crippen MR) is 88.3 cm³/mol. The minimum absolute atomic E-state index is 0.0554. The van der Waals surface area contributed by atoms with Gasteiger partial charge in [0.15, 0.2) is 0 Å². The quantitative estimate of drug-likeness (QED) is 0.741. The van der Waals surface area contributed by atoms with Crippen LogP contribution >= 0.6 is 0 Å². The molecule has 0 aliphatic carbocycles. The molecule has 0 spiro atoms. The van der Waals surface area contributed by atoms with E-state index in [-0.39, 0.29) is 11.7 Å². The number of methoxy groups -OCH3 is 1. The Hall–Kier alpha value is -2.95. The maximum atomic E-state index is 13.0. The molecule has 0 atom stereocenters. The van der Waals surface area contributed by atoms with Crippen molar-refractivity contribution in [1.82, 2.24) is 9.88 Å². The maximum Gasteiger partial charge on any atom is 0.255 e. The van der Waals surface area contributed by atoms with Crippen molar-refractivity contribution < 1.29 is 13.9 Å². The lowest BCUT2D eigenvalue weighted by Crippen LogP contribution is -2.23. The summed E-state index contributed by atoms with van der Waals surface area (Å²) >= 11 is 0. The molecule has 0 saturated carbocycles. The highest BCUT2D eigenvalue weighted by molar-refractivity contribution is 6.04. The smallest absolute Gasteiger partial charge is 0.255 e. The summed E-state index contributed by atoms with van der Waals surface area (Å²) in [5.41, 5.74) is 3.13. The Labute approximate surface area is 138 Å². The lowest BCUT2D eigenvalue weighted by atomic mass is 10.0. The van der Waals surface area contributed by atoms with Crippen molar-refractivity contribution in [3.63, 3.8) is 0 Å². The van der Waals surface area contributed by atoms with Gasteiger partial charge in [0, 0.05) is 23.7 Å². The number of hydrogen-bond acceptors (Lipinski definition) is 3. The van der Waals surface area contributed by atoms with Gasteiger partial charge in [-0.25, -0.2) is 4.39 Å². The molecule has 0 bridgehead atoms. The zero-order valence-electron chi connectivity index (χ0n) is 13.1. The van der Waals surface area contributed by atoms with Gasteiger partial charge < -0.3 is 9.64 Å². The lowest BCUT2D eigenvalue weighted by Gasteiger charge is -2.15. The van der Waals surface area contributed by atoms with Crippen LogP contribution in [0.4, 0.5) is 4.39 Å². The molecular weight excluding hydrogens is 307 g/mol. The third kappa shape index (κ3) is 2.29. The van der Waals surface area contributed by atoms with Crippen molar-refractivity contribution in [2.75, 3.05) is 7.11 Å². The maximum absolute atomic E-state index is 13.0. The zero-order chi connectivity index (χ0) is 16.7. The monoisotopic (exact) mass is 322 g/mol. The molecule has 2 heterocycles. The average Bonchev–Trinajstić information content (AvgIpc) is 2.91. The number of benzene rings is 2. The fraction of sp³-hybridized carbons (Fsp3) is 0.158. The molecule has 0 radical (unpaired) electrons. The molecule has 120 valence electrons. The van der Waals surface area contributed by atoms with E-state index in [1.54, 1.807) is 30.3 Å². The number of hydrogen-bond donors (Lipinski definition) is 0. The number of halogens is 1. The Kier molecular flexibility index (Phi) is 3.41. The van der Waals surface area contributed by atoms with E-state index in [1.165, 1.54) is 12.1 Å². The molecule has 4 nitrogen and oxygen atoms in total. The molecule has 0 unspecified atom stereocenters. The molecule has 1 aromatic heterocycles. The third-order valence-electron chi connectivity index (χ3n) is 4.32. The molecule has 0 fully saturated rings. The first-order chi connectivity index (χ1) is 11.7. The van der Waals surface area contributed by atoms with Gasteiger partial charge in [-0.1, -0.05) is 12.1 Å². The van der Waals surface area contributed by atoms with E-state index in [2.05, 4.69) is 4.98 Å². The largest absolute Gasteiger partial charge is 0.496 e. The highest BCUT2D eigenvalue weighted by Gasteiger charge is 2.31. The van der Waals surface area contributed by atoms with E-state index in [4.69, 9.17) is 4.74 Å². The number of aromatic nitrogens is 1. The summed E-state index contributed by atoms with van der Waals surface area (Å²) in [4.78, 5) is 18.8. The van der Waals surface area contributed by atoms with Gasteiger partial charge in [0.05, 0.1) is 24.7 Å². The number of nitrogens with zero attached hydrogens (tertiary/aromatic N) is 2. The van der Waals surface area contributed by atoms with E-state index >= 15 is 0 Å². The van der Waals surface area contributed by atoms with Crippen LogP contribution in [0, 0.1) is 5.82 Å². The summed E-state index contributed by atoms with van der Waals surface area (Å²) in [7, 11) is 1.61. The second kappa shape index (κ2) is 5.60. The van der Waals surface area contributed by atoms with Crippen molar-refractivity contribution in [3.8, 4) is 5.75 Å². The standard InChI is InChI=1S/C19H15FN2O2/c1-24-18-14-3-2-8-21-17(14)9-15-16(18)11-22(19(15)23)10-12-4-6-13(20)7-5-12/h2-9H,10-11H2,1H3. The summed E-state index contributed by atoms with van der Waals surface area (Å²) in [6.07, 6.45) is 1.70. The fourth-order valence-corrected chi connectivity index (χ4v) is 3.19. The van der Waals surface area contributed by atoms with Gasteiger partial charge in [-0.05, 0) is 35.9 Å². The zero-order valence-corrected chi connectivity index (χ0v) is 13.1. The first-order valence-corrected chi connectivity index (χ1v) is 7.65. The van der Waals surface area contributed by atoms with Crippen LogP contribution < -0.4 is 4.74 Å². The van der Waals surface area contributed by atoms with Gasteiger partial charge in [0.2, 0.25) is 0 Å². The Morgan fingerprint density at radius 1 is 1.25 bits per heavy atom. The Bertz CT molecular complexity index is 938. The molecule has 0 saturated heterocycles. The molecule has 5 heteroatoms. The molecule has 1 aliphatic rings. The third-order valence-corrected chi connectivity index (χ3v) is 4.32. The highest BCUT2D eigenvalue weighted by Crippen LogP contribution is 2.37. The molecule has 2 aromatic carbocycles. The van der Waals surface area contributed by atoms with Crippen LogP contribution in [0.3, 0.4) is 0 Å².